The first-order valence-electron chi connectivity index (χ1n) is 16.5. The van der Waals surface area contributed by atoms with Crippen LogP contribution in [-0.4, -0.2) is 4.98 Å². The molecule has 3 aromatic rings. The second-order valence-electron chi connectivity index (χ2n) is 12.1. The smallest absolute Gasteiger partial charge is 0.0702 e. The van der Waals surface area contributed by atoms with Crippen LogP contribution in [0.2, 0.25) is 0 Å². The summed E-state index contributed by atoms with van der Waals surface area (Å²) in [6.45, 7) is 4.62. The molecule has 0 bridgehead atoms. The van der Waals surface area contributed by atoms with Gasteiger partial charge >= 0.3 is 0 Å². The number of fused-ring (bicyclic) bond motifs is 3. The molecule has 1 nitrogen and oxygen atoms in total. The Labute approximate surface area is 239 Å². The van der Waals surface area contributed by atoms with Crippen molar-refractivity contribution in [2.24, 2.45) is 0 Å². The minimum atomic E-state index is 0.140. The van der Waals surface area contributed by atoms with Crippen molar-refractivity contribution in [3.8, 4) is 22.4 Å². The normalized spacial score (nSPS) is 13.4. The second kappa shape index (κ2) is 16.0. The van der Waals surface area contributed by atoms with Crippen LogP contribution in [0, 0.1) is 0 Å². The summed E-state index contributed by atoms with van der Waals surface area (Å²) in [5.74, 6) is 0. The minimum absolute atomic E-state index is 0.140. The van der Waals surface area contributed by atoms with E-state index < -0.39 is 0 Å². The molecule has 1 aromatic heterocycles. The van der Waals surface area contributed by atoms with Gasteiger partial charge in [0.25, 0.3) is 0 Å². The van der Waals surface area contributed by atoms with Gasteiger partial charge in [-0.25, -0.2) is 0 Å². The quantitative estimate of drug-likeness (QED) is 0.142. The van der Waals surface area contributed by atoms with Gasteiger partial charge in [0.2, 0.25) is 0 Å². The van der Waals surface area contributed by atoms with E-state index in [1.54, 1.807) is 11.1 Å². The van der Waals surface area contributed by atoms with E-state index in [9.17, 15) is 0 Å². The zero-order chi connectivity index (χ0) is 27.2. The van der Waals surface area contributed by atoms with Crippen molar-refractivity contribution in [3.05, 3.63) is 78.0 Å². The van der Waals surface area contributed by atoms with E-state index in [1.807, 2.05) is 12.3 Å². The molecule has 39 heavy (non-hydrogen) atoms. The molecule has 0 N–H and O–H groups in total. The molecule has 0 saturated heterocycles. The van der Waals surface area contributed by atoms with E-state index in [-0.39, 0.29) is 5.41 Å². The molecule has 1 aliphatic carbocycles. The lowest BCUT2D eigenvalue weighted by atomic mass is 9.70. The molecule has 4 rings (SSSR count). The molecular formula is C38H53N. The molecular weight excluding hydrogens is 470 g/mol. The number of pyridine rings is 1. The van der Waals surface area contributed by atoms with E-state index in [0.717, 1.165) is 5.69 Å². The first kappa shape index (κ1) is 29.6. The van der Waals surface area contributed by atoms with Gasteiger partial charge in [-0.1, -0.05) is 159 Å². The Hall–Kier alpha value is -2.41. The zero-order valence-corrected chi connectivity index (χ0v) is 25.0. The van der Waals surface area contributed by atoms with E-state index in [2.05, 4.69) is 68.4 Å². The van der Waals surface area contributed by atoms with Crippen LogP contribution in [-0.2, 0) is 5.41 Å². The van der Waals surface area contributed by atoms with Crippen LogP contribution in [0.15, 0.2) is 66.9 Å². The SMILES string of the molecule is CCCCCCCCCCC1(CCCCCCCCCC)c2ccccc2-c2ccc(-c3ccccn3)cc21. The Bertz CT molecular complexity index is 1080. The molecule has 210 valence electrons. The number of hydrogen-bond donors (Lipinski definition) is 0. The minimum Gasteiger partial charge on any atom is -0.256 e. The van der Waals surface area contributed by atoms with Crippen LogP contribution in [0.5, 0.6) is 0 Å². The number of hydrogen-bond acceptors (Lipinski definition) is 1. The largest absolute Gasteiger partial charge is 0.256 e. The fourth-order valence-electron chi connectivity index (χ4n) is 6.93. The Morgan fingerprint density at radius 1 is 0.513 bits per heavy atom. The Morgan fingerprint density at radius 3 is 1.64 bits per heavy atom. The van der Waals surface area contributed by atoms with Gasteiger partial charge in [0.05, 0.1) is 5.69 Å². The predicted octanol–water partition coefficient (Wildman–Crippen LogP) is 12.1. The molecule has 0 saturated carbocycles. The van der Waals surface area contributed by atoms with Crippen molar-refractivity contribution in [3.63, 3.8) is 0 Å². The third kappa shape index (κ3) is 7.84. The van der Waals surface area contributed by atoms with Gasteiger partial charge in [-0.15, -0.1) is 0 Å². The lowest BCUT2D eigenvalue weighted by Gasteiger charge is -2.33. The molecule has 1 aliphatic rings. The summed E-state index contributed by atoms with van der Waals surface area (Å²) in [7, 11) is 0. The summed E-state index contributed by atoms with van der Waals surface area (Å²) in [6.07, 6.45) is 26.5. The van der Waals surface area contributed by atoms with Crippen molar-refractivity contribution in [2.45, 2.75) is 135 Å². The van der Waals surface area contributed by atoms with Gasteiger partial charge in [0.15, 0.2) is 0 Å². The van der Waals surface area contributed by atoms with Crippen LogP contribution >= 0.6 is 0 Å². The van der Waals surface area contributed by atoms with Crippen molar-refractivity contribution < 1.29 is 0 Å². The summed E-state index contributed by atoms with van der Waals surface area (Å²) in [6, 6.07) is 22.8. The Morgan fingerprint density at radius 2 is 1.05 bits per heavy atom. The molecule has 2 aromatic carbocycles. The molecule has 0 amide bonds. The van der Waals surface area contributed by atoms with Gasteiger partial charge < -0.3 is 0 Å². The molecule has 0 spiro atoms. The molecule has 1 heteroatoms. The number of rotatable bonds is 19. The van der Waals surface area contributed by atoms with Crippen LogP contribution in [0.1, 0.15) is 141 Å². The van der Waals surface area contributed by atoms with E-state index >= 15 is 0 Å². The number of unbranched alkanes of at least 4 members (excludes halogenated alkanes) is 14. The van der Waals surface area contributed by atoms with E-state index in [4.69, 9.17) is 4.98 Å². The zero-order valence-electron chi connectivity index (χ0n) is 25.0. The first-order chi connectivity index (χ1) is 19.3. The highest BCUT2D eigenvalue weighted by atomic mass is 14.7. The summed E-state index contributed by atoms with van der Waals surface area (Å²) in [4.78, 5) is 4.71. The predicted molar refractivity (Wildman–Crippen MR) is 170 cm³/mol. The van der Waals surface area contributed by atoms with Crippen LogP contribution in [0.4, 0.5) is 0 Å². The molecule has 0 radical (unpaired) electrons. The van der Waals surface area contributed by atoms with Crippen LogP contribution in [0.3, 0.4) is 0 Å². The Balaban J connectivity index is 1.53. The van der Waals surface area contributed by atoms with E-state index in [0.29, 0.717) is 0 Å². The third-order valence-corrected chi connectivity index (χ3v) is 9.14. The maximum Gasteiger partial charge on any atom is 0.0702 e. The average molecular weight is 524 g/mol. The highest BCUT2D eigenvalue weighted by Crippen LogP contribution is 2.54. The fourth-order valence-corrected chi connectivity index (χ4v) is 6.93. The molecule has 0 aliphatic heterocycles. The average Bonchev–Trinajstić information content (AvgIpc) is 3.25. The van der Waals surface area contributed by atoms with Gasteiger partial charge in [0.1, 0.15) is 0 Å². The van der Waals surface area contributed by atoms with E-state index in [1.165, 1.54) is 132 Å². The van der Waals surface area contributed by atoms with Crippen molar-refractivity contribution in [2.75, 3.05) is 0 Å². The van der Waals surface area contributed by atoms with Gasteiger partial charge in [-0.05, 0) is 53.3 Å². The highest BCUT2D eigenvalue weighted by Gasteiger charge is 2.42. The molecule has 0 fully saturated rings. The summed E-state index contributed by atoms with van der Waals surface area (Å²) >= 11 is 0. The first-order valence-corrected chi connectivity index (χ1v) is 16.5. The second-order valence-corrected chi connectivity index (χ2v) is 12.1. The van der Waals surface area contributed by atoms with Gasteiger partial charge in [0, 0.05) is 17.2 Å². The topological polar surface area (TPSA) is 12.9 Å². The monoisotopic (exact) mass is 523 g/mol. The fraction of sp³-hybridized carbons (Fsp3) is 0.553. The third-order valence-electron chi connectivity index (χ3n) is 9.14. The standard InChI is InChI=1S/C38H53N/c1-3-5-7-9-11-13-15-20-28-38(29-21-16-14-12-10-8-6-4-2)35-24-18-17-23-33(35)34-27-26-32(31-36(34)38)37-25-19-22-30-39-37/h17-19,22-27,30-31H,3-16,20-21,28-29H2,1-2H3. The van der Waals surface area contributed by atoms with Crippen molar-refractivity contribution in [1.29, 1.82) is 0 Å². The summed E-state index contributed by atoms with van der Waals surface area (Å²) < 4.78 is 0. The summed E-state index contributed by atoms with van der Waals surface area (Å²) in [5, 5.41) is 0. The highest BCUT2D eigenvalue weighted by molar-refractivity contribution is 5.83. The van der Waals surface area contributed by atoms with Crippen LogP contribution < -0.4 is 0 Å². The lowest BCUT2D eigenvalue weighted by molar-refractivity contribution is 0.397. The number of nitrogens with zero attached hydrogens (tertiary/aromatic N) is 1. The maximum absolute atomic E-state index is 4.71. The number of aromatic nitrogens is 1. The van der Waals surface area contributed by atoms with Crippen molar-refractivity contribution in [1.82, 2.24) is 4.98 Å². The van der Waals surface area contributed by atoms with Crippen LogP contribution in [0.25, 0.3) is 22.4 Å². The van der Waals surface area contributed by atoms with Gasteiger partial charge in [-0.2, -0.15) is 0 Å². The van der Waals surface area contributed by atoms with Gasteiger partial charge in [-0.3, -0.25) is 4.98 Å². The Kier molecular flexibility index (Phi) is 12.1. The lowest BCUT2D eigenvalue weighted by Crippen LogP contribution is -2.25. The summed E-state index contributed by atoms with van der Waals surface area (Å²) in [5.41, 5.74) is 8.58. The molecule has 1 heterocycles. The molecule has 0 unspecified atom stereocenters. The number of benzene rings is 2. The van der Waals surface area contributed by atoms with Crippen molar-refractivity contribution >= 4 is 0 Å². The molecule has 0 atom stereocenters. The maximum atomic E-state index is 4.71.